The zero-order valence-electron chi connectivity index (χ0n) is 50.8. The summed E-state index contributed by atoms with van der Waals surface area (Å²) < 4.78 is 43.6. The van der Waals surface area contributed by atoms with Crippen LogP contribution < -0.4 is 34.2 Å². The van der Waals surface area contributed by atoms with Crippen LogP contribution in [-0.2, 0) is 0 Å². The molecule has 88 heavy (non-hydrogen) atoms. The number of hydrogen-bond acceptors (Lipinski definition) is 17. The third-order valence-corrected chi connectivity index (χ3v) is 12.1. The highest BCUT2D eigenvalue weighted by molar-refractivity contribution is 5.97. The third-order valence-electron chi connectivity index (χ3n) is 12.1. The van der Waals surface area contributed by atoms with E-state index in [1.165, 1.54) is 0 Å². The highest BCUT2D eigenvalue weighted by Crippen LogP contribution is 2.28. The molecule has 19 nitrogen and oxygen atoms in total. The van der Waals surface area contributed by atoms with Gasteiger partial charge in [-0.1, -0.05) is 69.9 Å². The van der Waals surface area contributed by atoms with Crippen molar-refractivity contribution in [1.29, 1.82) is 5.26 Å². The van der Waals surface area contributed by atoms with Crippen molar-refractivity contribution < 1.29 is 57.7 Å². The molecule has 0 saturated heterocycles. The highest BCUT2D eigenvalue weighted by Gasteiger charge is 2.13. The van der Waals surface area contributed by atoms with Gasteiger partial charge in [-0.2, -0.15) is 15.2 Å². The molecule has 2 heterocycles. The second-order valence-corrected chi connectivity index (χ2v) is 19.2. The van der Waals surface area contributed by atoms with Gasteiger partial charge in [0.25, 0.3) is 11.8 Å². The SMILES string of the molecule is CCCCOc1ccc(-c2nc(-c3ccc(OCCC)cc3)no2)cc1.CCCCOc1ccc(C(=O)O)cc1.CCCOc1ccc(-c2noc(-c3ccc(O)cc3)n2)cc1.CCCOc1ccc(/C(N)=N/O)cc1.CCCOc1ccc(C#N)cc1. The maximum absolute atomic E-state index is 10.5. The Bertz CT molecular complexity index is 3420. The number of rotatable bonds is 26. The van der Waals surface area contributed by atoms with E-state index in [4.69, 9.17) is 58.8 Å². The summed E-state index contributed by atoms with van der Waals surface area (Å²) in [5.41, 5.74) is 10.4. The molecule has 0 bridgehead atoms. The van der Waals surface area contributed by atoms with Crippen LogP contribution in [0, 0.1) is 11.3 Å². The van der Waals surface area contributed by atoms with Crippen LogP contribution in [0.5, 0.6) is 40.2 Å². The van der Waals surface area contributed by atoms with Crippen molar-refractivity contribution in [2.45, 2.75) is 92.9 Å². The number of benzene rings is 7. The molecule has 0 fully saturated rings. The molecular formula is C69H79N7O12. The van der Waals surface area contributed by atoms with Gasteiger partial charge in [0.2, 0.25) is 11.6 Å². The van der Waals surface area contributed by atoms with E-state index in [0.29, 0.717) is 61.0 Å². The van der Waals surface area contributed by atoms with Crippen molar-refractivity contribution in [2.24, 2.45) is 10.9 Å². The van der Waals surface area contributed by atoms with Crippen LogP contribution in [0.1, 0.15) is 114 Å². The van der Waals surface area contributed by atoms with Gasteiger partial charge in [0.05, 0.1) is 56.8 Å². The standard InChI is InChI=1S/C21H24N2O3.C17H16N2O3.C11H14O3.C10H14N2O2.C10H11NO/c1-3-5-15-25-19-12-8-17(9-13-19)21-22-20(23-26-21)16-6-10-18(11-7-16)24-14-4-2;1-2-11-21-15-9-5-12(6-10-15)16-18-17(22-19-16)13-3-7-14(20)8-4-13;1-2-3-8-14-10-6-4-9(5-7-10)11(12)13;1-2-7-14-9-5-3-8(4-6-9)10(11)12-13;1-2-7-12-10-5-3-9(8-11)4-6-10/h6-13H,3-5,14-15H2,1-2H3;3-10,20H,2,11H2,1H3;4-7H,2-3,8H2,1H3,(H,12,13);3-6,13H,2,7H2,1H3,(H2,11,12);3-6H,2,7H2,1H3. The number of phenols is 1. The Balaban J connectivity index is 0.000000207. The first-order valence-corrected chi connectivity index (χ1v) is 29.4. The number of phenolic OH excluding ortho intramolecular Hbond substituents is 1. The molecule has 0 unspecified atom stereocenters. The number of ether oxygens (including phenoxy) is 6. The molecule has 0 aliphatic carbocycles. The van der Waals surface area contributed by atoms with E-state index in [9.17, 15) is 9.90 Å². The lowest BCUT2D eigenvalue weighted by atomic mass is 10.2. The number of amidine groups is 1. The second kappa shape index (κ2) is 39.3. The Morgan fingerprint density at radius 1 is 0.455 bits per heavy atom. The van der Waals surface area contributed by atoms with Crippen LogP contribution in [0.15, 0.2) is 184 Å². The van der Waals surface area contributed by atoms with E-state index in [1.807, 2.05) is 91.9 Å². The summed E-state index contributed by atoms with van der Waals surface area (Å²) in [7, 11) is 0. The molecule has 0 spiro atoms. The van der Waals surface area contributed by atoms with E-state index in [1.54, 1.807) is 84.9 Å². The minimum absolute atomic E-state index is 0.104. The van der Waals surface area contributed by atoms with Gasteiger partial charge in [0, 0.05) is 27.8 Å². The van der Waals surface area contributed by atoms with Crippen molar-refractivity contribution in [3.8, 4) is 92.0 Å². The van der Waals surface area contributed by atoms with Gasteiger partial charge in [0.1, 0.15) is 40.2 Å². The molecule has 9 aromatic rings. The smallest absolute Gasteiger partial charge is 0.335 e. The monoisotopic (exact) mass is 1200 g/mol. The topological polar surface area (TPSA) is 273 Å². The molecule has 2 aromatic heterocycles. The molecule has 0 aliphatic heterocycles. The van der Waals surface area contributed by atoms with Gasteiger partial charge >= 0.3 is 5.97 Å². The van der Waals surface area contributed by atoms with Gasteiger partial charge in [0.15, 0.2) is 5.84 Å². The number of aromatic carboxylic acids is 1. The molecular weight excluding hydrogens is 1120 g/mol. The van der Waals surface area contributed by atoms with Crippen molar-refractivity contribution in [2.75, 3.05) is 39.6 Å². The number of unbranched alkanes of at least 4 members (excludes halogenated alkanes) is 2. The summed E-state index contributed by atoms with van der Waals surface area (Å²) in [6, 6.07) is 52.4. The zero-order chi connectivity index (χ0) is 63.1. The molecule has 0 radical (unpaired) electrons. The number of carbonyl (C=O) groups is 1. The maximum atomic E-state index is 10.5. The van der Waals surface area contributed by atoms with E-state index >= 15 is 0 Å². The molecule has 0 aliphatic rings. The Morgan fingerprint density at radius 3 is 1.08 bits per heavy atom. The van der Waals surface area contributed by atoms with Crippen LogP contribution in [-0.4, -0.2) is 87.1 Å². The summed E-state index contributed by atoms with van der Waals surface area (Å²) in [6.45, 7) is 16.8. The van der Waals surface area contributed by atoms with Crippen molar-refractivity contribution >= 4 is 11.8 Å². The Hall–Kier alpha value is -10.4. The first-order chi connectivity index (χ1) is 42.9. The molecule has 9 rings (SSSR count). The summed E-state index contributed by atoms with van der Waals surface area (Å²) in [4.78, 5) is 19.4. The number of aromatic nitrogens is 4. The van der Waals surface area contributed by atoms with Crippen LogP contribution in [0.3, 0.4) is 0 Å². The number of hydrogen-bond donors (Lipinski definition) is 4. The highest BCUT2D eigenvalue weighted by atomic mass is 16.5. The Kier molecular flexibility index (Phi) is 30.6. The quantitative estimate of drug-likeness (QED) is 0.0129. The molecule has 7 aromatic carbocycles. The fourth-order valence-electron chi connectivity index (χ4n) is 7.26. The van der Waals surface area contributed by atoms with Gasteiger partial charge in [-0.05, 0) is 208 Å². The summed E-state index contributed by atoms with van der Waals surface area (Å²) >= 11 is 0. The van der Waals surface area contributed by atoms with Gasteiger partial charge in [-0.15, -0.1) is 0 Å². The molecule has 0 saturated carbocycles. The number of nitriles is 1. The van der Waals surface area contributed by atoms with E-state index in [2.05, 4.69) is 66.1 Å². The first kappa shape index (κ1) is 68.4. The Morgan fingerprint density at radius 2 is 0.761 bits per heavy atom. The molecule has 5 N–H and O–H groups in total. The van der Waals surface area contributed by atoms with Crippen LogP contribution in [0.2, 0.25) is 0 Å². The predicted molar refractivity (Wildman–Crippen MR) is 339 cm³/mol. The second-order valence-electron chi connectivity index (χ2n) is 19.2. The third kappa shape index (κ3) is 24.3. The average Bonchev–Trinajstić information content (AvgIpc) is 4.45. The lowest BCUT2D eigenvalue weighted by molar-refractivity contribution is 0.0696. The number of oxime groups is 1. The number of carboxylic acid groups (broad SMARTS) is 1. The van der Waals surface area contributed by atoms with Gasteiger partial charge in [-0.25, -0.2) is 4.79 Å². The average molecular weight is 1200 g/mol. The predicted octanol–water partition coefficient (Wildman–Crippen LogP) is 15.7. The van der Waals surface area contributed by atoms with Crippen LogP contribution >= 0.6 is 0 Å². The van der Waals surface area contributed by atoms with E-state index in [0.717, 1.165) is 121 Å². The number of carboxylic acids is 1. The fourth-order valence-corrected chi connectivity index (χ4v) is 7.26. The van der Waals surface area contributed by atoms with E-state index < -0.39 is 5.97 Å². The Labute approximate surface area is 514 Å². The lowest BCUT2D eigenvalue weighted by Gasteiger charge is -2.05. The van der Waals surface area contributed by atoms with Crippen LogP contribution in [0.4, 0.5) is 0 Å². The van der Waals surface area contributed by atoms with Gasteiger partial charge < -0.3 is 58.6 Å². The molecule has 19 heteroatoms. The fraction of sp³-hybridized carbons (Fsp3) is 0.290. The zero-order valence-corrected chi connectivity index (χ0v) is 50.8. The normalized spacial score (nSPS) is 10.4. The number of nitrogens with two attached hydrogens (primary N) is 1. The largest absolute Gasteiger partial charge is 0.508 e. The molecule has 0 atom stereocenters. The van der Waals surface area contributed by atoms with Crippen molar-refractivity contribution in [3.63, 3.8) is 0 Å². The maximum Gasteiger partial charge on any atom is 0.335 e. The van der Waals surface area contributed by atoms with Crippen molar-refractivity contribution in [3.05, 3.63) is 187 Å². The minimum Gasteiger partial charge on any atom is -0.508 e. The van der Waals surface area contributed by atoms with Crippen LogP contribution in [0.25, 0.3) is 45.7 Å². The molecule has 462 valence electrons. The summed E-state index contributed by atoms with van der Waals surface area (Å²) in [6.07, 6.45) is 8.21. The van der Waals surface area contributed by atoms with Crippen molar-refractivity contribution in [1.82, 2.24) is 20.3 Å². The molecule has 0 amide bonds. The number of aromatic hydroxyl groups is 1. The number of nitrogens with zero attached hydrogens (tertiary/aromatic N) is 6. The first-order valence-electron chi connectivity index (χ1n) is 29.4. The minimum atomic E-state index is -0.912. The summed E-state index contributed by atoms with van der Waals surface area (Å²) in [5.74, 6) is 6.25. The summed E-state index contributed by atoms with van der Waals surface area (Å²) in [5, 5.41) is 45.9. The lowest BCUT2D eigenvalue weighted by Crippen LogP contribution is -2.12. The van der Waals surface area contributed by atoms with Gasteiger partial charge in [-0.3, -0.25) is 0 Å². The van der Waals surface area contributed by atoms with E-state index in [-0.39, 0.29) is 17.1 Å².